The number of ether oxygens (including phenoxy) is 8. The predicted molar refractivity (Wildman–Crippen MR) is 66.6 cm³/mol. The minimum Gasteiger partial charge on any atom is -0.347 e. The van der Waals surface area contributed by atoms with Crippen LogP contribution in [0.4, 0.5) is 0 Å². The summed E-state index contributed by atoms with van der Waals surface area (Å²) in [6, 6.07) is 0. The van der Waals surface area contributed by atoms with Crippen molar-refractivity contribution in [3.8, 4) is 0 Å². The van der Waals surface area contributed by atoms with Gasteiger partial charge in [0.15, 0.2) is 18.9 Å². The van der Waals surface area contributed by atoms with Gasteiger partial charge in [-0.2, -0.15) is 0 Å². The van der Waals surface area contributed by atoms with E-state index < -0.39 is 44.8 Å². The summed E-state index contributed by atoms with van der Waals surface area (Å²) in [7, 11) is 0. The highest BCUT2D eigenvalue weighted by Crippen LogP contribution is 2.29. The smallest absolute Gasteiger partial charge is 0.280 e. The van der Waals surface area contributed by atoms with Crippen molar-refractivity contribution in [1.29, 1.82) is 0 Å². The zero-order chi connectivity index (χ0) is 17.1. The number of hydrogen-bond acceptors (Lipinski definition) is 12. The lowest BCUT2D eigenvalue weighted by Gasteiger charge is -2.37. The molecule has 0 aromatic heterocycles. The lowest BCUT2D eigenvalue weighted by atomic mass is 10.2. The first-order chi connectivity index (χ1) is 11.5. The number of fused-ring (bicyclic) bond motifs is 5. The summed E-state index contributed by atoms with van der Waals surface area (Å²) in [5, 5.41) is 35.6. The van der Waals surface area contributed by atoms with Crippen LogP contribution in [0.15, 0.2) is 0 Å². The van der Waals surface area contributed by atoms with Crippen LogP contribution in [0, 0.1) is 0 Å². The molecule has 140 valence electrons. The Morgan fingerprint density at radius 2 is 1.25 bits per heavy atom. The fourth-order valence-electron chi connectivity index (χ4n) is 2.35. The predicted octanol–water partition coefficient (Wildman–Crippen LogP) is -2.22. The Morgan fingerprint density at radius 3 is 1.88 bits per heavy atom. The first-order valence-electron chi connectivity index (χ1n) is 7.40. The third-order valence-corrected chi connectivity index (χ3v) is 3.41. The van der Waals surface area contributed by atoms with Crippen molar-refractivity contribution in [3.05, 3.63) is 0 Å². The molecule has 24 heavy (non-hydrogen) atoms. The van der Waals surface area contributed by atoms with Gasteiger partial charge in [0.05, 0.1) is 12.7 Å². The maximum Gasteiger partial charge on any atom is 0.280 e. The quantitative estimate of drug-likeness (QED) is 0.403. The molecular weight excluding hydrogens is 336 g/mol. The highest BCUT2D eigenvalue weighted by Gasteiger charge is 2.39. The molecule has 4 aliphatic rings. The van der Waals surface area contributed by atoms with Crippen molar-refractivity contribution in [2.24, 2.45) is 0 Å². The molecule has 4 fully saturated rings. The molecule has 0 amide bonds. The monoisotopic (exact) mass is 356 g/mol. The summed E-state index contributed by atoms with van der Waals surface area (Å²) in [5.41, 5.74) is 0. The fourth-order valence-corrected chi connectivity index (χ4v) is 2.35. The molecule has 4 heterocycles. The topological polar surface area (TPSA) is 155 Å². The molecule has 12 nitrogen and oxygen atoms in total. The minimum absolute atomic E-state index is 0.0440. The largest absolute Gasteiger partial charge is 0.347 e. The highest BCUT2D eigenvalue weighted by atomic mass is 17.0. The fraction of sp³-hybridized carbons (Fsp3) is 1.00. The summed E-state index contributed by atoms with van der Waals surface area (Å²) in [6.45, 7) is -6.91. The standard InChI is InChI=1S/C12H20O12/c13-9(14)23-11-17-4-5-3-8(18-5)22-12(24-10(15)16)21-7-2-1-6(19-7)20-11/h5-16H,1-4H2. The van der Waals surface area contributed by atoms with Crippen molar-refractivity contribution in [3.63, 3.8) is 0 Å². The Balaban J connectivity index is 1.62. The maximum absolute atomic E-state index is 8.91. The lowest BCUT2D eigenvalue weighted by Crippen LogP contribution is -2.46. The van der Waals surface area contributed by atoms with Gasteiger partial charge in [-0.3, -0.25) is 23.7 Å². The molecule has 0 aromatic rings. The van der Waals surface area contributed by atoms with E-state index in [-0.39, 0.29) is 12.7 Å². The Morgan fingerprint density at radius 1 is 0.708 bits per heavy atom. The second kappa shape index (κ2) is 8.27. The number of aliphatic hydroxyl groups excluding tert-OH is 2. The van der Waals surface area contributed by atoms with Crippen LogP contribution in [0.25, 0.3) is 0 Å². The van der Waals surface area contributed by atoms with Gasteiger partial charge < -0.3 is 34.6 Å². The maximum atomic E-state index is 8.91. The van der Waals surface area contributed by atoms with Crippen LogP contribution < -0.4 is 0 Å². The van der Waals surface area contributed by atoms with Crippen molar-refractivity contribution in [2.45, 2.75) is 70.1 Å². The van der Waals surface area contributed by atoms with Crippen molar-refractivity contribution < 1.29 is 58.3 Å². The van der Waals surface area contributed by atoms with Gasteiger partial charge in [-0.25, -0.2) is 0 Å². The average Bonchev–Trinajstić information content (AvgIpc) is 2.86. The summed E-state index contributed by atoms with van der Waals surface area (Å²) in [4.78, 5) is 0. The normalized spacial score (nSPS) is 40.8. The molecule has 4 saturated heterocycles. The highest BCUT2D eigenvalue weighted by molar-refractivity contribution is 4.71. The molecule has 0 aromatic carbocycles. The van der Waals surface area contributed by atoms with E-state index in [1.54, 1.807) is 0 Å². The second-order valence-electron chi connectivity index (χ2n) is 5.24. The van der Waals surface area contributed by atoms with Gasteiger partial charge in [-0.15, -0.1) is 0 Å². The minimum atomic E-state index is -2.10. The zero-order valence-electron chi connectivity index (χ0n) is 12.5. The molecule has 4 bridgehead atoms. The van der Waals surface area contributed by atoms with E-state index in [9.17, 15) is 0 Å². The molecule has 4 N–H and O–H groups in total. The Bertz CT molecular complexity index is 386. The van der Waals surface area contributed by atoms with E-state index in [1.165, 1.54) is 0 Å². The molecule has 12 heteroatoms. The molecule has 0 saturated carbocycles. The second-order valence-corrected chi connectivity index (χ2v) is 5.24. The van der Waals surface area contributed by atoms with Crippen LogP contribution in [0.1, 0.15) is 19.3 Å². The van der Waals surface area contributed by atoms with Gasteiger partial charge >= 0.3 is 0 Å². The van der Waals surface area contributed by atoms with E-state index in [4.69, 9.17) is 48.8 Å². The first-order valence-corrected chi connectivity index (χ1v) is 7.40. The first kappa shape index (κ1) is 18.3. The van der Waals surface area contributed by atoms with E-state index in [1.807, 2.05) is 0 Å². The average molecular weight is 356 g/mol. The molecule has 0 spiro atoms. The van der Waals surface area contributed by atoms with E-state index in [2.05, 4.69) is 9.47 Å². The van der Waals surface area contributed by atoms with Gasteiger partial charge in [-0.05, 0) is 0 Å². The Hall–Kier alpha value is -0.480. The van der Waals surface area contributed by atoms with Crippen molar-refractivity contribution >= 4 is 0 Å². The van der Waals surface area contributed by atoms with Crippen LogP contribution in [0.5, 0.6) is 0 Å². The molecule has 0 radical (unpaired) electrons. The van der Waals surface area contributed by atoms with Crippen LogP contribution in [-0.2, 0) is 37.9 Å². The van der Waals surface area contributed by atoms with Gasteiger partial charge in [0.2, 0.25) is 0 Å². The molecular formula is C12H20O12. The number of rotatable bonds is 4. The number of aliphatic hydroxyl groups is 4. The summed E-state index contributed by atoms with van der Waals surface area (Å²) < 4.78 is 41.4. The van der Waals surface area contributed by atoms with Crippen LogP contribution in [0.3, 0.4) is 0 Å². The summed E-state index contributed by atoms with van der Waals surface area (Å²) in [6.07, 6.45) is -1.45. The van der Waals surface area contributed by atoms with Crippen LogP contribution in [-0.4, -0.2) is 77.9 Å². The molecule has 6 unspecified atom stereocenters. The molecule has 0 aliphatic carbocycles. The molecule has 4 rings (SSSR count). The van der Waals surface area contributed by atoms with E-state index in [0.717, 1.165) is 0 Å². The molecule has 6 atom stereocenters. The lowest BCUT2D eigenvalue weighted by molar-refractivity contribution is -0.443. The third kappa shape index (κ3) is 5.26. The van der Waals surface area contributed by atoms with Gasteiger partial charge in [0, 0.05) is 19.3 Å². The molecule has 4 aliphatic heterocycles. The van der Waals surface area contributed by atoms with E-state index >= 15 is 0 Å². The van der Waals surface area contributed by atoms with Crippen molar-refractivity contribution in [2.75, 3.05) is 6.61 Å². The number of hydrogen-bond donors (Lipinski definition) is 4. The van der Waals surface area contributed by atoms with Gasteiger partial charge in [0.25, 0.3) is 25.9 Å². The van der Waals surface area contributed by atoms with Crippen LogP contribution in [0.2, 0.25) is 0 Å². The van der Waals surface area contributed by atoms with Crippen LogP contribution >= 0.6 is 0 Å². The summed E-state index contributed by atoms with van der Waals surface area (Å²) in [5.74, 6) is 0. The summed E-state index contributed by atoms with van der Waals surface area (Å²) >= 11 is 0. The Kier molecular flexibility index (Phi) is 6.31. The van der Waals surface area contributed by atoms with Crippen molar-refractivity contribution in [1.82, 2.24) is 0 Å². The van der Waals surface area contributed by atoms with Gasteiger partial charge in [-0.1, -0.05) is 0 Å². The SMILES string of the molecule is OC(O)OC1OCC2CC(O2)OC(OC(O)O)OC2CCC(O2)O1. The van der Waals surface area contributed by atoms with E-state index in [0.29, 0.717) is 19.3 Å². The van der Waals surface area contributed by atoms with Gasteiger partial charge in [0.1, 0.15) is 0 Å². The third-order valence-electron chi connectivity index (χ3n) is 3.41. The zero-order valence-corrected chi connectivity index (χ0v) is 12.5. The Labute approximate surface area is 136 Å².